The van der Waals surface area contributed by atoms with E-state index in [2.05, 4.69) is 40.4 Å². The predicted octanol–water partition coefficient (Wildman–Crippen LogP) is 5.38. The van der Waals surface area contributed by atoms with Crippen LogP contribution in [-0.4, -0.2) is 17.6 Å². The summed E-state index contributed by atoms with van der Waals surface area (Å²) in [6.07, 6.45) is 2.92. The normalized spacial score (nSPS) is 11.5. The van der Waals surface area contributed by atoms with Crippen LogP contribution in [0.5, 0.6) is 5.75 Å². The van der Waals surface area contributed by atoms with E-state index in [4.69, 9.17) is 17.0 Å². The van der Waals surface area contributed by atoms with Crippen molar-refractivity contribution in [1.82, 2.24) is 10.6 Å². The van der Waals surface area contributed by atoms with E-state index in [9.17, 15) is 4.79 Å². The molecule has 0 aliphatic carbocycles. The van der Waals surface area contributed by atoms with E-state index in [0.29, 0.717) is 17.3 Å². The number of ether oxygens (including phenoxy) is 1. The van der Waals surface area contributed by atoms with E-state index in [-0.39, 0.29) is 11.9 Å². The molecule has 1 amide bonds. The lowest BCUT2D eigenvalue weighted by Gasteiger charge is -2.19. The molecule has 0 saturated heterocycles. The minimum Gasteiger partial charge on any atom is -0.492 e. The highest BCUT2D eigenvalue weighted by atomic mass is 79.9. The largest absolute Gasteiger partial charge is 0.492 e. The highest BCUT2D eigenvalue weighted by Gasteiger charge is 2.14. The quantitative estimate of drug-likeness (QED) is 0.420. The van der Waals surface area contributed by atoms with Crippen molar-refractivity contribution in [3.63, 3.8) is 0 Å². The summed E-state index contributed by atoms with van der Waals surface area (Å²) in [6.45, 7) is 4.85. The minimum atomic E-state index is -0.253. The van der Waals surface area contributed by atoms with Gasteiger partial charge in [-0.1, -0.05) is 50.6 Å². The lowest BCUT2D eigenvalue weighted by molar-refractivity contribution is 0.0976. The Bertz CT molecular complexity index is 768. The summed E-state index contributed by atoms with van der Waals surface area (Å²) in [5, 5.41) is 6.27. The maximum Gasteiger partial charge on any atom is 0.257 e. The number of unbranched alkanes of at least 4 members (excludes halogenated alkanes) is 1. The SMILES string of the molecule is CCCCOc1ccc(C(=O)NC(=S)NC(CC)c2ccccc2)cc1Br. The number of benzene rings is 2. The highest BCUT2D eigenvalue weighted by molar-refractivity contribution is 9.10. The minimum absolute atomic E-state index is 0.0556. The van der Waals surface area contributed by atoms with Crippen molar-refractivity contribution >= 4 is 39.2 Å². The van der Waals surface area contributed by atoms with Crippen molar-refractivity contribution in [2.45, 2.75) is 39.2 Å². The summed E-state index contributed by atoms with van der Waals surface area (Å²) in [7, 11) is 0. The van der Waals surface area contributed by atoms with Crippen molar-refractivity contribution in [2.75, 3.05) is 6.61 Å². The molecule has 1 unspecified atom stereocenters. The number of rotatable bonds is 8. The maximum atomic E-state index is 12.5. The maximum absolute atomic E-state index is 12.5. The molecule has 144 valence electrons. The number of thiocarbonyl (C=S) groups is 1. The zero-order chi connectivity index (χ0) is 19.6. The van der Waals surface area contributed by atoms with Crippen LogP contribution in [0, 0.1) is 0 Å². The first-order valence-electron chi connectivity index (χ1n) is 9.14. The number of hydrogen-bond donors (Lipinski definition) is 2. The fourth-order valence-corrected chi connectivity index (χ4v) is 3.29. The molecule has 0 aliphatic heterocycles. The Balaban J connectivity index is 1.95. The molecule has 4 nitrogen and oxygen atoms in total. The van der Waals surface area contributed by atoms with Gasteiger partial charge in [0.05, 0.1) is 17.1 Å². The van der Waals surface area contributed by atoms with Gasteiger partial charge in [0.15, 0.2) is 5.11 Å². The van der Waals surface area contributed by atoms with Crippen molar-refractivity contribution in [2.24, 2.45) is 0 Å². The standard InChI is InChI=1S/C21H25BrN2O2S/c1-3-5-13-26-19-12-11-16(14-17(19)22)20(25)24-21(27)23-18(4-2)15-9-7-6-8-10-15/h6-12,14,18H,3-5,13H2,1-2H3,(H2,23,24,25,27). The number of amides is 1. The average Bonchev–Trinajstić information content (AvgIpc) is 2.68. The lowest BCUT2D eigenvalue weighted by atomic mass is 10.1. The molecule has 2 aromatic rings. The van der Waals surface area contributed by atoms with E-state index in [0.717, 1.165) is 35.0 Å². The van der Waals surface area contributed by atoms with E-state index in [1.165, 1.54) is 0 Å². The fraction of sp³-hybridized carbons (Fsp3) is 0.333. The van der Waals surface area contributed by atoms with Gasteiger partial charge in [0.25, 0.3) is 5.91 Å². The average molecular weight is 449 g/mol. The number of hydrogen-bond acceptors (Lipinski definition) is 3. The van der Waals surface area contributed by atoms with Gasteiger partial charge < -0.3 is 10.1 Å². The van der Waals surface area contributed by atoms with E-state index >= 15 is 0 Å². The molecule has 0 bridgehead atoms. The molecule has 0 fully saturated rings. The second-order valence-corrected chi connectivity index (χ2v) is 7.41. The lowest BCUT2D eigenvalue weighted by Crippen LogP contribution is -2.40. The zero-order valence-corrected chi connectivity index (χ0v) is 18.0. The molecule has 6 heteroatoms. The Kier molecular flexibility index (Phi) is 8.75. The van der Waals surface area contributed by atoms with E-state index in [1.54, 1.807) is 18.2 Å². The Hall–Kier alpha value is -1.92. The summed E-state index contributed by atoms with van der Waals surface area (Å²) >= 11 is 8.78. The summed E-state index contributed by atoms with van der Waals surface area (Å²) in [5.74, 6) is 0.479. The van der Waals surface area contributed by atoms with Crippen molar-refractivity contribution in [3.8, 4) is 5.75 Å². The Morgan fingerprint density at radius 3 is 2.56 bits per heavy atom. The van der Waals surface area contributed by atoms with Gasteiger partial charge in [0.2, 0.25) is 0 Å². The van der Waals surface area contributed by atoms with Crippen LogP contribution in [0.2, 0.25) is 0 Å². The van der Waals surface area contributed by atoms with Crippen LogP contribution >= 0.6 is 28.1 Å². The first-order valence-corrected chi connectivity index (χ1v) is 10.3. The summed E-state index contributed by atoms with van der Waals surface area (Å²) in [4.78, 5) is 12.5. The van der Waals surface area contributed by atoms with Gasteiger partial charge in [-0.3, -0.25) is 10.1 Å². The second kappa shape index (κ2) is 11.0. The number of halogens is 1. The summed E-state index contributed by atoms with van der Waals surface area (Å²) in [5.41, 5.74) is 1.65. The molecule has 2 rings (SSSR count). The zero-order valence-electron chi connectivity index (χ0n) is 15.6. The third-order valence-electron chi connectivity index (χ3n) is 4.09. The molecule has 0 aromatic heterocycles. The Morgan fingerprint density at radius 2 is 1.93 bits per heavy atom. The first kappa shape index (κ1) is 21.4. The predicted molar refractivity (Wildman–Crippen MR) is 117 cm³/mol. The molecule has 27 heavy (non-hydrogen) atoms. The number of carbonyl (C=O) groups is 1. The van der Waals surface area contributed by atoms with Crippen LogP contribution in [0.25, 0.3) is 0 Å². The summed E-state index contributed by atoms with van der Waals surface area (Å²) in [6, 6.07) is 15.4. The number of nitrogens with one attached hydrogen (secondary N) is 2. The van der Waals surface area contributed by atoms with Crippen molar-refractivity contribution in [1.29, 1.82) is 0 Å². The topological polar surface area (TPSA) is 50.4 Å². The molecule has 2 N–H and O–H groups in total. The van der Waals surface area contributed by atoms with E-state index < -0.39 is 0 Å². The van der Waals surface area contributed by atoms with Crippen LogP contribution in [0.4, 0.5) is 0 Å². The van der Waals surface area contributed by atoms with Gasteiger partial charge in [-0.2, -0.15) is 0 Å². The molecule has 1 atom stereocenters. The van der Waals surface area contributed by atoms with Crippen LogP contribution in [-0.2, 0) is 0 Å². The molecular formula is C21H25BrN2O2S. The van der Waals surface area contributed by atoms with Crippen molar-refractivity contribution < 1.29 is 9.53 Å². The van der Waals surface area contributed by atoms with Gasteiger partial charge in [-0.15, -0.1) is 0 Å². The van der Waals surface area contributed by atoms with Crippen LogP contribution in [0.15, 0.2) is 53.0 Å². The van der Waals surface area contributed by atoms with Crippen LogP contribution in [0.3, 0.4) is 0 Å². The van der Waals surface area contributed by atoms with Gasteiger partial charge in [0.1, 0.15) is 5.75 Å². The Labute approximate surface area is 174 Å². The monoisotopic (exact) mass is 448 g/mol. The molecule has 0 aliphatic rings. The van der Waals surface area contributed by atoms with Gasteiger partial charge in [-0.05, 0) is 64.8 Å². The smallest absolute Gasteiger partial charge is 0.257 e. The van der Waals surface area contributed by atoms with E-state index in [1.807, 2.05) is 30.3 Å². The number of carbonyl (C=O) groups excluding carboxylic acids is 1. The summed E-state index contributed by atoms with van der Waals surface area (Å²) < 4.78 is 6.44. The highest BCUT2D eigenvalue weighted by Crippen LogP contribution is 2.26. The van der Waals surface area contributed by atoms with Crippen molar-refractivity contribution in [3.05, 3.63) is 64.1 Å². The van der Waals surface area contributed by atoms with Crippen LogP contribution in [0.1, 0.15) is 55.1 Å². The molecule has 2 aromatic carbocycles. The molecule has 0 spiro atoms. The molecule has 0 saturated carbocycles. The third kappa shape index (κ3) is 6.63. The molecule has 0 radical (unpaired) electrons. The second-order valence-electron chi connectivity index (χ2n) is 6.15. The van der Waals surface area contributed by atoms with Gasteiger partial charge in [0, 0.05) is 5.56 Å². The molecule has 0 heterocycles. The van der Waals surface area contributed by atoms with Crippen LogP contribution < -0.4 is 15.4 Å². The van der Waals surface area contributed by atoms with Gasteiger partial charge >= 0.3 is 0 Å². The fourth-order valence-electron chi connectivity index (χ4n) is 2.56. The molecular weight excluding hydrogens is 424 g/mol. The third-order valence-corrected chi connectivity index (χ3v) is 4.93. The Morgan fingerprint density at radius 1 is 1.19 bits per heavy atom. The van der Waals surface area contributed by atoms with Gasteiger partial charge in [-0.25, -0.2) is 0 Å². The first-order chi connectivity index (χ1) is 13.0.